The average Bonchev–Trinajstić information content (AvgIpc) is 3.16. The van der Waals surface area contributed by atoms with Gasteiger partial charge in [-0.25, -0.2) is 4.98 Å². The molecular formula is C26H31N5O2. The molecule has 2 aromatic carbocycles. The van der Waals surface area contributed by atoms with Crippen LogP contribution in [0.5, 0.6) is 5.88 Å². The zero-order valence-corrected chi connectivity index (χ0v) is 19.5. The van der Waals surface area contributed by atoms with Gasteiger partial charge in [0.05, 0.1) is 18.0 Å². The number of methoxy groups -OCH3 is 1. The van der Waals surface area contributed by atoms with Gasteiger partial charge < -0.3 is 25.0 Å². The second-order valence-corrected chi connectivity index (χ2v) is 8.43. The molecule has 4 rings (SSSR count). The molecule has 0 saturated heterocycles. The lowest BCUT2D eigenvalue weighted by molar-refractivity contribution is 0.210. The van der Waals surface area contributed by atoms with E-state index in [1.54, 1.807) is 7.11 Å². The van der Waals surface area contributed by atoms with E-state index in [-0.39, 0.29) is 18.0 Å². The number of anilines is 2. The lowest BCUT2D eigenvalue weighted by atomic mass is 9.97. The van der Waals surface area contributed by atoms with Gasteiger partial charge in [0.1, 0.15) is 11.3 Å². The number of rotatable bonds is 9. The highest BCUT2D eigenvalue weighted by atomic mass is 16.5. The van der Waals surface area contributed by atoms with Gasteiger partial charge >= 0.3 is 0 Å². The van der Waals surface area contributed by atoms with Crippen molar-refractivity contribution in [3.63, 3.8) is 0 Å². The fourth-order valence-electron chi connectivity index (χ4n) is 3.83. The molecule has 7 nitrogen and oxygen atoms in total. The molecule has 0 radical (unpaired) electrons. The topological polar surface area (TPSA) is 84.2 Å². The van der Waals surface area contributed by atoms with Crippen LogP contribution in [0.3, 0.4) is 0 Å². The molecule has 4 aromatic rings. The third-order valence-electron chi connectivity index (χ3n) is 5.64. The van der Waals surface area contributed by atoms with Crippen LogP contribution in [0.4, 0.5) is 11.8 Å². The molecule has 0 bridgehead atoms. The molecule has 0 aliphatic carbocycles. The molecule has 172 valence electrons. The first kappa shape index (κ1) is 22.6. The van der Waals surface area contributed by atoms with E-state index in [9.17, 15) is 5.11 Å². The Hall–Kier alpha value is -3.58. The Balaban J connectivity index is 1.82. The minimum atomic E-state index is -0.124. The molecule has 1 unspecified atom stereocenters. The Bertz CT molecular complexity index is 1200. The molecule has 0 saturated carbocycles. The second kappa shape index (κ2) is 9.92. The number of hydrogen-bond acceptors (Lipinski definition) is 6. The standard InChI is InChI=1S/C26H31N5O2/c1-17(2)31-16-21-23(25(31)32)29-26(27-14-15-33-4)30-24(21)28-22(19-8-6-5-7-9-19)20-12-10-18(3)11-13-20/h5-13,16-17,22,32H,14-15H2,1-4H3,(H2,27,28,29,30). The third-order valence-corrected chi connectivity index (χ3v) is 5.64. The van der Waals surface area contributed by atoms with E-state index in [1.165, 1.54) is 5.56 Å². The number of aromatic hydroxyl groups is 1. The van der Waals surface area contributed by atoms with Crippen LogP contribution in [0, 0.1) is 6.92 Å². The first-order chi connectivity index (χ1) is 16.0. The molecule has 3 N–H and O–H groups in total. The number of fused-ring (bicyclic) bond motifs is 1. The summed E-state index contributed by atoms with van der Waals surface area (Å²) in [5.41, 5.74) is 3.96. The van der Waals surface area contributed by atoms with Gasteiger partial charge in [0, 0.05) is 25.9 Å². The minimum absolute atomic E-state index is 0.0824. The fraction of sp³-hybridized carbons (Fsp3) is 0.308. The summed E-state index contributed by atoms with van der Waals surface area (Å²) in [6.45, 7) is 7.22. The van der Waals surface area contributed by atoms with Gasteiger partial charge in [-0.05, 0) is 31.9 Å². The summed E-state index contributed by atoms with van der Waals surface area (Å²) in [7, 11) is 1.65. The maximum absolute atomic E-state index is 10.9. The van der Waals surface area contributed by atoms with Crippen LogP contribution < -0.4 is 10.6 Å². The van der Waals surface area contributed by atoms with Crippen molar-refractivity contribution in [3.05, 3.63) is 77.5 Å². The van der Waals surface area contributed by atoms with Crippen molar-refractivity contribution in [3.8, 4) is 5.88 Å². The van der Waals surface area contributed by atoms with E-state index in [0.29, 0.717) is 30.4 Å². The number of nitrogens with zero attached hydrogens (tertiary/aromatic N) is 3. The summed E-state index contributed by atoms with van der Waals surface area (Å²) in [5.74, 6) is 1.23. The summed E-state index contributed by atoms with van der Waals surface area (Å²) in [5, 5.41) is 18.5. The van der Waals surface area contributed by atoms with E-state index in [1.807, 2.05) is 42.8 Å². The van der Waals surface area contributed by atoms with Gasteiger partial charge in [0.15, 0.2) is 0 Å². The SMILES string of the molecule is COCCNc1nc(NC(c2ccccc2)c2ccc(C)cc2)c2cn(C(C)C)c(O)c2n1. The summed E-state index contributed by atoms with van der Waals surface area (Å²) in [6.07, 6.45) is 1.91. The molecule has 33 heavy (non-hydrogen) atoms. The lowest BCUT2D eigenvalue weighted by Gasteiger charge is -2.21. The highest BCUT2D eigenvalue weighted by molar-refractivity contribution is 5.94. The Labute approximate surface area is 194 Å². The van der Waals surface area contributed by atoms with Crippen LogP contribution in [0.25, 0.3) is 10.9 Å². The van der Waals surface area contributed by atoms with Crippen molar-refractivity contribution >= 4 is 22.7 Å². The van der Waals surface area contributed by atoms with Crippen molar-refractivity contribution < 1.29 is 9.84 Å². The van der Waals surface area contributed by atoms with Gasteiger partial charge in [-0.1, -0.05) is 60.2 Å². The molecule has 2 heterocycles. The van der Waals surface area contributed by atoms with Crippen LogP contribution in [0.1, 0.15) is 42.6 Å². The largest absolute Gasteiger partial charge is 0.493 e. The van der Waals surface area contributed by atoms with Crippen LogP contribution in [-0.4, -0.2) is 39.9 Å². The van der Waals surface area contributed by atoms with Gasteiger partial charge in [0.2, 0.25) is 11.8 Å². The maximum atomic E-state index is 10.9. The first-order valence-electron chi connectivity index (χ1n) is 11.2. The molecule has 0 fully saturated rings. The zero-order valence-electron chi connectivity index (χ0n) is 19.5. The predicted molar refractivity (Wildman–Crippen MR) is 133 cm³/mol. The van der Waals surface area contributed by atoms with Gasteiger partial charge in [-0.2, -0.15) is 4.98 Å². The highest BCUT2D eigenvalue weighted by Gasteiger charge is 2.21. The number of hydrogen-bond donors (Lipinski definition) is 3. The van der Waals surface area contributed by atoms with E-state index < -0.39 is 0 Å². The number of aryl methyl sites for hydroxylation is 1. The first-order valence-corrected chi connectivity index (χ1v) is 11.2. The van der Waals surface area contributed by atoms with E-state index in [0.717, 1.165) is 16.5 Å². The lowest BCUT2D eigenvalue weighted by Crippen LogP contribution is -2.15. The Morgan fingerprint density at radius 1 is 1.00 bits per heavy atom. The molecule has 0 amide bonds. The quantitative estimate of drug-likeness (QED) is 0.304. The van der Waals surface area contributed by atoms with Crippen LogP contribution in [0.15, 0.2) is 60.8 Å². The summed E-state index contributed by atoms with van der Waals surface area (Å²) in [4.78, 5) is 9.37. The average molecular weight is 446 g/mol. The number of aromatic nitrogens is 3. The molecule has 0 aliphatic rings. The zero-order chi connectivity index (χ0) is 23.4. The van der Waals surface area contributed by atoms with Crippen molar-refractivity contribution in [2.45, 2.75) is 32.9 Å². The van der Waals surface area contributed by atoms with Crippen molar-refractivity contribution in [1.82, 2.24) is 14.5 Å². The minimum Gasteiger partial charge on any atom is -0.493 e. The molecule has 0 spiro atoms. The van der Waals surface area contributed by atoms with Crippen molar-refractivity contribution in [2.24, 2.45) is 0 Å². The second-order valence-electron chi connectivity index (χ2n) is 8.43. The van der Waals surface area contributed by atoms with Gasteiger partial charge in [0.25, 0.3) is 0 Å². The molecule has 0 aliphatic heterocycles. The van der Waals surface area contributed by atoms with Gasteiger partial charge in [-0.15, -0.1) is 0 Å². The van der Waals surface area contributed by atoms with Crippen molar-refractivity contribution in [1.29, 1.82) is 0 Å². The fourth-order valence-corrected chi connectivity index (χ4v) is 3.83. The predicted octanol–water partition coefficient (Wildman–Crippen LogP) is 5.29. The molecule has 2 aromatic heterocycles. The number of ether oxygens (including phenoxy) is 1. The number of benzene rings is 2. The smallest absolute Gasteiger partial charge is 0.225 e. The van der Waals surface area contributed by atoms with E-state index in [4.69, 9.17) is 9.72 Å². The maximum Gasteiger partial charge on any atom is 0.225 e. The molecular weight excluding hydrogens is 414 g/mol. The van der Waals surface area contributed by atoms with E-state index >= 15 is 0 Å². The summed E-state index contributed by atoms with van der Waals surface area (Å²) < 4.78 is 6.96. The summed E-state index contributed by atoms with van der Waals surface area (Å²) >= 11 is 0. The Kier molecular flexibility index (Phi) is 6.79. The van der Waals surface area contributed by atoms with E-state index in [2.05, 4.69) is 58.9 Å². The van der Waals surface area contributed by atoms with Crippen LogP contribution in [-0.2, 0) is 4.74 Å². The molecule has 1 atom stereocenters. The Morgan fingerprint density at radius 3 is 2.36 bits per heavy atom. The monoisotopic (exact) mass is 445 g/mol. The highest BCUT2D eigenvalue weighted by Crippen LogP contribution is 2.36. The number of nitrogens with one attached hydrogen (secondary N) is 2. The normalized spacial score (nSPS) is 12.3. The summed E-state index contributed by atoms with van der Waals surface area (Å²) in [6, 6.07) is 18.7. The molecule has 7 heteroatoms. The Morgan fingerprint density at radius 2 is 1.70 bits per heavy atom. The van der Waals surface area contributed by atoms with Gasteiger partial charge in [-0.3, -0.25) is 0 Å². The van der Waals surface area contributed by atoms with Crippen LogP contribution in [0.2, 0.25) is 0 Å². The third kappa shape index (κ3) is 4.93. The van der Waals surface area contributed by atoms with Crippen LogP contribution >= 0.6 is 0 Å². The van der Waals surface area contributed by atoms with Crippen molar-refractivity contribution in [2.75, 3.05) is 30.9 Å².